The number of rotatable bonds is 5. The van der Waals surface area contributed by atoms with Crippen LogP contribution in [-0.2, 0) is 10.2 Å². The van der Waals surface area contributed by atoms with E-state index in [0.717, 1.165) is 24.5 Å². The zero-order chi connectivity index (χ0) is 15.5. The monoisotopic (exact) mass is 289 g/mol. The SMILES string of the molecule is CCC(=O)NCC(C)(C)c1cc(C)nc(N2C=NCC2)n1. The summed E-state index contributed by atoms with van der Waals surface area (Å²) >= 11 is 0. The molecule has 0 radical (unpaired) electrons. The van der Waals surface area contributed by atoms with E-state index in [-0.39, 0.29) is 11.3 Å². The van der Waals surface area contributed by atoms with Gasteiger partial charge in [0, 0.05) is 30.6 Å². The summed E-state index contributed by atoms with van der Waals surface area (Å²) in [5.41, 5.74) is 1.61. The lowest BCUT2D eigenvalue weighted by Crippen LogP contribution is -2.37. The minimum Gasteiger partial charge on any atom is -0.355 e. The molecular formula is C15H23N5O. The largest absolute Gasteiger partial charge is 0.355 e. The summed E-state index contributed by atoms with van der Waals surface area (Å²) in [5, 5.41) is 2.94. The molecule has 1 amide bonds. The van der Waals surface area contributed by atoms with E-state index in [2.05, 4.69) is 34.1 Å². The van der Waals surface area contributed by atoms with Crippen molar-refractivity contribution in [2.75, 3.05) is 24.5 Å². The van der Waals surface area contributed by atoms with Crippen molar-refractivity contribution in [2.24, 2.45) is 4.99 Å². The van der Waals surface area contributed by atoms with Crippen molar-refractivity contribution < 1.29 is 4.79 Å². The van der Waals surface area contributed by atoms with Gasteiger partial charge in [0.05, 0.1) is 18.6 Å². The van der Waals surface area contributed by atoms with Gasteiger partial charge in [-0.3, -0.25) is 14.7 Å². The highest BCUT2D eigenvalue weighted by Gasteiger charge is 2.25. The van der Waals surface area contributed by atoms with Gasteiger partial charge < -0.3 is 5.32 Å². The second-order valence-electron chi connectivity index (χ2n) is 5.92. The molecule has 1 aromatic rings. The van der Waals surface area contributed by atoms with Crippen LogP contribution in [0.1, 0.15) is 38.6 Å². The van der Waals surface area contributed by atoms with Crippen LogP contribution >= 0.6 is 0 Å². The number of nitrogens with one attached hydrogen (secondary N) is 1. The molecule has 1 N–H and O–H groups in total. The van der Waals surface area contributed by atoms with E-state index in [1.807, 2.05) is 24.8 Å². The van der Waals surface area contributed by atoms with Gasteiger partial charge in [0.25, 0.3) is 0 Å². The molecule has 1 aliphatic rings. The standard InChI is InChI=1S/C15H23N5O/c1-5-13(21)17-9-15(3,4)12-8-11(2)18-14(19-12)20-7-6-16-10-20/h8,10H,5-7,9H2,1-4H3,(H,17,21). The zero-order valence-corrected chi connectivity index (χ0v) is 13.2. The molecule has 1 aliphatic heterocycles. The van der Waals surface area contributed by atoms with Crippen molar-refractivity contribution in [3.8, 4) is 0 Å². The van der Waals surface area contributed by atoms with Crippen LogP contribution in [0.2, 0.25) is 0 Å². The van der Waals surface area contributed by atoms with E-state index < -0.39 is 0 Å². The molecule has 0 aliphatic carbocycles. The molecular weight excluding hydrogens is 266 g/mol. The average molecular weight is 289 g/mol. The van der Waals surface area contributed by atoms with Gasteiger partial charge in [0.1, 0.15) is 0 Å². The maximum Gasteiger partial charge on any atom is 0.231 e. The van der Waals surface area contributed by atoms with Gasteiger partial charge in [-0.2, -0.15) is 0 Å². The molecule has 21 heavy (non-hydrogen) atoms. The highest BCUT2D eigenvalue weighted by molar-refractivity contribution is 5.77. The molecule has 0 aromatic carbocycles. The Morgan fingerprint density at radius 2 is 2.19 bits per heavy atom. The zero-order valence-electron chi connectivity index (χ0n) is 13.2. The number of amides is 1. The first-order valence-electron chi connectivity index (χ1n) is 7.32. The summed E-state index contributed by atoms with van der Waals surface area (Å²) in [6.45, 7) is 10.1. The van der Waals surface area contributed by atoms with Gasteiger partial charge in [-0.05, 0) is 13.0 Å². The predicted octanol–water partition coefficient (Wildman–Crippen LogP) is 1.44. The Balaban J connectivity index is 2.21. The smallest absolute Gasteiger partial charge is 0.231 e. The minimum atomic E-state index is -0.246. The third-order valence-electron chi connectivity index (χ3n) is 3.53. The third-order valence-corrected chi connectivity index (χ3v) is 3.53. The Morgan fingerprint density at radius 3 is 2.81 bits per heavy atom. The molecule has 0 saturated carbocycles. The van der Waals surface area contributed by atoms with Crippen LogP contribution in [0.15, 0.2) is 11.1 Å². The van der Waals surface area contributed by atoms with Crippen LogP contribution in [0.3, 0.4) is 0 Å². The van der Waals surface area contributed by atoms with Crippen LogP contribution < -0.4 is 10.2 Å². The fourth-order valence-electron chi connectivity index (χ4n) is 2.09. The number of carbonyl (C=O) groups excluding carboxylic acids is 1. The van der Waals surface area contributed by atoms with E-state index in [1.54, 1.807) is 6.34 Å². The number of anilines is 1. The molecule has 2 rings (SSSR count). The van der Waals surface area contributed by atoms with E-state index in [0.29, 0.717) is 18.9 Å². The van der Waals surface area contributed by atoms with Crippen LogP contribution in [0.25, 0.3) is 0 Å². The summed E-state index contributed by atoms with van der Waals surface area (Å²) in [4.78, 5) is 26.8. The third kappa shape index (κ3) is 3.77. The molecule has 0 spiro atoms. The fraction of sp³-hybridized carbons (Fsp3) is 0.600. The highest BCUT2D eigenvalue weighted by atomic mass is 16.1. The molecule has 1 aromatic heterocycles. The highest BCUT2D eigenvalue weighted by Crippen LogP contribution is 2.23. The average Bonchev–Trinajstić information content (AvgIpc) is 2.98. The summed E-state index contributed by atoms with van der Waals surface area (Å²) < 4.78 is 0. The summed E-state index contributed by atoms with van der Waals surface area (Å²) in [6, 6.07) is 1.98. The molecule has 114 valence electrons. The number of hydrogen-bond donors (Lipinski definition) is 1. The van der Waals surface area contributed by atoms with Gasteiger partial charge in [0.15, 0.2) is 0 Å². The number of aliphatic imine (C=N–C) groups is 1. The first-order valence-corrected chi connectivity index (χ1v) is 7.32. The lowest BCUT2D eigenvalue weighted by molar-refractivity contribution is -0.121. The maximum absolute atomic E-state index is 11.5. The number of nitrogens with zero attached hydrogens (tertiary/aromatic N) is 4. The maximum atomic E-state index is 11.5. The number of aromatic nitrogens is 2. The van der Waals surface area contributed by atoms with Gasteiger partial charge in [-0.15, -0.1) is 0 Å². The normalized spacial score (nSPS) is 14.6. The summed E-state index contributed by atoms with van der Waals surface area (Å²) in [6.07, 6.45) is 2.28. The Hall–Kier alpha value is -1.98. The molecule has 0 bridgehead atoms. The predicted molar refractivity (Wildman–Crippen MR) is 83.8 cm³/mol. The topological polar surface area (TPSA) is 70.5 Å². The van der Waals surface area contributed by atoms with E-state index in [1.165, 1.54) is 0 Å². The van der Waals surface area contributed by atoms with Crippen molar-refractivity contribution in [1.82, 2.24) is 15.3 Å². The Morgan fingerprint density at radius 1 is 1.43 bits per heavy atom. The van der Waals surface area contributed by atoms with Crippen molar-refractivity contribution in [3.63, 3.8) is 0 Å². The molecule has 0 saturated heterocycles. The van der Waals surface area contributed by atoms with Crippen LogP contribution in [0.5, 0.6) is 0 Å². The second kappa shape index (κ2) is 6.20. The fourth-order valence-corrected chi connectivity index (χ4v) is 2.09. The lowest BCUT2D eigenvalue weighted by atomic mass is 9.88. The van der Waals surface area contributed by atoms with E-state index in [9.17, 15) is 4.79 Å². The minimum absolute atomic E-state index is 0.0563. The van der Waals surface area contributed by atoms with Crippen molar-refractivity contribution in [1.29, 1.82) is 0 Å². The molecule has 6 nitrogen and oxygen atoms in total. The van der Waals surface area contributed by atoms with E-state index in [4.69, 9.17) is 0 Å². The van der Waals surface area contributed by atoms with Gasteiger partial charge in [0.2, 0.25) is 11.9 Å². The first-order chi connectivity index (χ1) is 9.92. The number of hydrogen-bond acceptors (Lipinski definition) is 5. The van der Waals surface area contributed by atoms with Gasteiger partial charge in [-0.25, -0.2) is 9.97 Å². The van der Waals surface area contributed by atoms with Crippen LogP contribution in [0.4, 0.5) is 5.95 Å². The van der Waals surface area contributed by atoms with Crippen molar-refractivity contribution >= 4 is 18.2 Å². The number of carbonyl (C=O) groups is 1. The van der Waals surface area contributed by atoms with E-state index >= 15 is 0 Å². The summed E-state index contributed by atoms with van der Waals surface area (Å²) in [5.74, 6) is 0.738. The molecule has 0 atom stereocenters. The Kier molecular flexibility index (Phi) is 4.55. The van der Waals surface area contributed by atoms with Crippen LogP contribution in [-0.4, -0.2) is 41.8 Å². The number of aryl methyl sites for hydroxylation is 1. The van der Waals surface area contributed by atoms with Crippen LogP contribution in [0, 0.1) is 6.92 Å². The first kappa shape index (κ1) is 15.4. The second-order valence-corrected chi connectivity index (χ2v) is 5.92. The molecule has 0 fully saturated rings. The van der Waals surface area contributed by atoms with Crippen molar-refractivity contribution in [3.05, 3.63) is 17.5 Å². The molecule has 2 heterocycles. The summed E-state index contributed by atoms with van der Waals surface area (Å²) in [7, 11) is 0. The molecule has 0 unspecified atom stereocenters. The van der Waals surface area contributed by atoms with Crippen molar-refractivity contribution in [2.45, 2.75) is 39.5 Å². The Labute approximate surface area is 125 Å². The quantitative estimate of drug-likeness (QED) is 0.890. The van der Waals surface area contributed by atoms with Gasteiger partial charge >= 0.3 is 0 Å². The molecule has 6 heteroatoms. The Bertz CT molecular complexity index is 553. The lowest BCUT2D eigenvalue weighted by Gasteiger charge is -2.26. The van der Waals surface area contributed by atoms with Gasteiger partial charge in [-0.1, -0.05) is 20.8 Å².